The van der Waals surface area contributed by atoms with E-state index in [1.807, 2.05) is 51.9 Å². The maximum absolute atomic E-state index is 14.0. The molecule has 2 aromatic carbocycles. The van der Waals surface area contributed by atoms with Crippen LogP contribution in [0.1, 0.15) is 36.1 Å². The molecule has 2 atom stereocenters. The van der Waals surface area contributed by atoms with Crippen molar-refractivity contribution >= 4 is 45.7 Å². The summed E-state index contributed by atoms with van der Waals surface area (Å²) in [6.45, 7) is 5.92. The Morgan fingerprint density at radius 1 is 1.00 bits per heavy atom. The van der Waals surface area contributed by atoms with Crippen molar-refractivity contribution in [2.75, 3.05) is 24.7 Å². The predicted molar refractivity (Wildman–Crippen MR) is 152 cm³/mol. The SMILES string of the molecule is CCn1cc(/C=C2\C(=O)N(CN3C[C@H]4C[C@@H](C3)c3cccc(=O)n3C4)c3cc(Cl)ccc32)c2ccccc21. The van der Waals surface area contributed by atoms with Crippen LogP contribution in [0.25, 0.3) is 22.6 Å². The van der Waals surface area contributed by atoms with Gasteiger partial charge in [0.15, 0.2) is 0 Å². The number of aromatic nitrogens is 2. The maximum atomic E-state index is 14.0. The molecule has 6 nitrogen and oxygen atoms in total. The second-order valence-corrected chi connectivity index (χ2v) is 11.2. The summed E-state index contributed by atoms with van der Waals surface area (Å²) >= 11 is 6.43. The van der Waals surface area contributed by atoms with E-state index in [-0.39, 0.29) is 11.5 Å². The average molecular weight is 525 g/mol. The fourth-order valence-electron chi connectivity index (χ4n) is 6.72. The van der Waals surface area contributed by atoms with E-state index in [1.54, 1.807) is 6.07 Å². The molecule has 0 radical (unpaired) electrons. The molecule has 4 aromatic rings. The van der Waals surface area contributed by atoms with Gasteiger partial charge in [0.1, 0.15) is 0 Å². The van der Waals surface area contributed by atoms with Crippen molar-refractivity contribution in [3.8, 4) is 0 Å². The van der Waals surface area contributed by atoms with Crippen LogP contribution < -0.4 is 10.5 Å². The zero-order valence-corrected chi connectivity index (χ0v) is 22.1. The molecule has 0 aliphatic carbocycles. The highest BCUT2D eigenvalue weighted by Crippen LogP contribution is 2.41. The third kappa shape index (κ3) is 3.74. The molecular formula is C31H29ClN4O2. The molecule has 7 heteroatoms. The van der Waals surface area contributed by atoms with Crippen molar-refractivity contribution in [1.29, 1.82) is 0 Å². The number of benzene rings is 2. The number of halogens is 1. The van der Waals surface area contributed by atoms with Crippen LogP contribution in [-0.2, 0) is 17.9 Å². The molecule has 0 spiro atoms. The molecule has 2 aromatic heterocycles. The number of hydrogen-bond acceptors (Lipinski definition) is 3. The minimum absolute atomic E-state index is 0.00273. The Kier molecular flexibility index (Phi) is 5.57. The summed E-state index contributed by atoms with van der Waals surface area (Å²) in [7, 11) is 0. The van der Waals surface area contributed by atoms with Crippen molar-refractivity contribution < 1.29 is 4.79 Å². The van der Waals surface area contributed by atoms with Crippen LogP contribution in [-0.4, -0.2) is 39.7 Å². The van der Waals surface area contributed by atoms with Crippen LogP contribution in [0.2, 0.25) is 5.02 Å². The number of para-hydroxylation sites is 1. The molecule has 0 N–H and O–H groups in total. The van der Waals surface area contributed by atoms with Crippen molar-refractivity contribution in [1.82, 2.24) is 14.0 Å². The lowest BCUT2D eigenvalue weighted by Gasteiger charge is -2.43. The predicted octanol–water partition coefficient (Wildman–Crippen LogP) is 5.44. The zero-order valence-electron chi connectivity index (χ0n) is 21.3. The summed E-state index contributed by atoms with van der Waals surface area (Å²) in [4.78, 5) is 30.7. The van der Waals surface area contributed by atoms with Crippen LogP contribution in [0, 0.1) is 5.92 Å². The minimum atomic E-state index is 0.00273. The molecule has 0 unspecified atom stereocenters. The molecule has 1 amide bonds. The quantitative estimate of drug-likeness (QED) is 0.334. The Balaban J connectivity index is 1.23. The molecule has 1 fully saturated rings. The number of amides is 1. The van der Waals surface area contributed by atoms with Gasteiger partial charge in [-0.25, -0.2) is 0 Å². The van der Waals surface area contributed by atoms with E-state index < -0.39 is 0 Å². The molecule has 3 aliphatic heterocycles. The first-order chi connectivity index (χ1) is 18.5. The number of piperidine rings is 1. The van der Waals surface area contributed by atoms with Crippen molar-refractivity contribution in [3.05, 3.63) is 99.1 Å². The van der Waals surface area contributed by atoms with E-state index in [2.05, 4.69) is 40.8 Å². The number of pyridine rings is 1. The topological polar surface area (TPSA) is 50.5 Å². The van der Waals surface area contributed by atoms with Crippen molar-refractivity contribution in [2.24, 2.45) is 5.92 Å². The number of rotatable bonds is 4. The van der Waals surface area contributed by atoms with Gasteiger partial charge in [0, 0.05) is 82.7 Å². The van der Waals surface area contributed by atoms with E-state index >= 15 is 0 Å². The van der Waals surface area contributed by atoms with Gasteiger partial charge in [0.25, 0.3) is 11.5 Å². The van der Waals surface area contributed by atoms with Crippen LogP contribution in [0.15, 0.2) is 71.7 Å². The van der Waals surface area contributed by atoms with E-state index in [4.69, 9.17) is 11.6 Å². The van der Waals surface area contributed by atoms with E-state index in [9.17, 15) is 9.59 Å². The summed E-state index contributed by atoms with van der Waals surface area (Å²) in [5.41, 5.74) is 5.89. The first-order valence-electron chi connectivity index (χ1n) is 13.3. The highest BCUT2D eigenvalue weighted by atomic mass is 35.5. The fourth-order valence-corrected chi connectivity index (χ4v) is 6.89. The summed E-state index contributed by atoms with van der Waals surface area (Å²) < 4.78 is 4.16. The highest BCUT2D eigenvalue weighted by Gasteiger charge is 2.38. The van der Waals surface area contributed by atoms with Gasteiger partial charge < -0.3 is 9.13 Å². The van der Waals surface area contributed by atoms with E-state index in [0.717, 1.165) is 60.5 Å². The van der Waals surface area contributed by atoms with Gasteiger partial charge in [-0.2, -0.15) is 0 Å². The minimum Gasteiger partial charge on any atom is -0.347 e. The van der Waals surface area contributed by atoms with Crippen LogP contribution in [0.3, 0.4) is 0 Å². The lowest BCUT2D eigenvalue weighted by molar-refractivity contribution is -0.113. The molecule has 1 saturated heterocycles. The first-order valence-corrected chi connectivity index (χ1v) is 13.7. The Bertz CT molecular complexity index is 1680. The lowest BCUT2D eigenvalue weighted by atomic mass is 9.83. The molecular weight excluding hydrogens is 496 g/mol. The van der Waals surface area contributed by atoms with E-state index in [0.29, 0.717) is 29.1 Å². The van der Waals surface area contributed by atoms with Gasteiger partial charge in [-0.15, -0.1) is 0 Å². The highest BCUT2D eigenvalue weighted by molar-refractivity contribution is 6.37. The van der Waals surface area contributed by atoms with Gasteiger partial charge in [-0.05, 0) is 49.6 Å². The van der Waals surface area contributed by atoms with Gasteiger partial charge in [-0.3, -0.25) is 19.4 Å². The van der Waals surface area contributed by atoms with Crippen molar-refractivity contribution in [2.45, 2.75) is 32.4 Å². The van der Waals surface area contributed by atoms with Crippen LogP contribution in [0.5, 0.6) is 0 Å². The third-order valence-electron chi connectivity index (χ3n) is 8.37. The van der Waals surface area contributed by atoms with Crippen LogP contribution >= 0.6 is 11.6 Å². The standard InChI is InChI=1S/C31H29ClN4O2/c1-2-34-18-21(24-6-3-4-7-28(24)34)13-26-25-11-10-23(32)14-29(25)36(31(26)38)19-33-15-20-12-22(17-33)27-8-5-9-30(37)35(27)16-20/h3-11,13-14,18,20,22H,2,12,15-17,19H2,1H3/b26-13-/t20-,22+/m1/s1. The van der Waals surface area contributed by atoms with Crippen LogP contribution in [0.4, 0.5) is 5.69 Å². The maximum Gasteiger partial charge on any atom is 0.260 e. The molecule has 0 saturated carbocycles. The second-order valence-electron chi connectivity index (χ2n) is 10.7. The molecule has 192 valence electrons. The zero-order chi connectivity index (χ0) is 26.0. The lowest BCUT2D eigenvalue weighted by Crippen LogP contribution is -2.50. The summed E-state index contributed by atoms with van der Waals surface area (Å²) in [6, 6.07) is 19.7. The summed E-state index contributed by atoms with van der Waals surface area (Å²) in [5, 5.41) is 1.76. The molecule has 38 heavy (non-hydrogen) atoms. The van der Waals surface area contributed by atoms with E-state index in [1.165, 1.54) is 5.52 Å². The normalized spacial score (nSPS) is 21.8. The number of anilines is 1. The Morgan fingerprint density at radius 2 is 1.87 bits per heavy atom. The average Bonchev–Trinajstić information content (AvgIpc) is 3.40. The number of carbonyl (C=O) groups is 1. The third-order valence-corrected chi connectivity index (χ3v) is 8.61. The van der Waals surface area contributed by atoms with Gasteiger partial charge in [-0.1, -0.05) is 41.9 Å². The summed E-state index contributed by atoms with van der Waals surface area (Å²) in [6.07, 6.45) is 5.26. The Labute approximate surface area is 226 Å². The second kappa shape index (κ2) is 9.00. The number of fused-ring (bicyclic) bond motifs is 6. The van der Waals surface area contributed by atoms with Gasteiger partial charge in [0.2, 0.25) is 0 Å². The first kappa shape index (κ1) is 23.5. The number of likely N-dealkylation sites (tertiary alicyclic amines) is 1. The smallest absolute Gasteiger partial charge is 0.260 e. The Hall–Kier alpha value is -3.61. The van der Waals surface area contributed by atoms with Gasteiger partial charge >= 0.3 is 0 Å². The Morgan fingerprint density at radius 3 is 2.74 bits per heavy atom. The fraction of sp³-hybridized carbons (Fsp3) is 0.290. The van der Waals surface area contributed by atoms with Gasteiger partial charge in [0.05, 0.1) is 12.4 Å². The number of carbonyl (C=O) groups excluding carboxylic acids is 1. The molecule has 2 bridgehead atoms. The monoisotopic (exact) mass is 524 g/mol. The molecule has 5 heterocycles. The number of aryl methyl sites for hydroxylation is 1. The van der Waals surface area contributed by atoms with Crippen molar-refractivity contribution in [3.63, 3.8) is 0 Å². The molecule has 3 aliphatic rings. The number of hydrogen-bond donors (Lipinski definition) is 0. The summed E-state index contributed by atoms with van der Waals surface area (Å²) in [5.74, 6) is 0.694. The molecule has 7 rings (SSSR count). The largest absolute Gasteiger partial charge is 0.347 e. The number of nitrogens with zero attached hydrogens (tertiary/aromatic N) is 4.